The number of fused-ring (bicyclic) bond motifs is 1. The summed E-state index contributed by atoms with van der Waals surface area (Å²) in [4.78, 5) is 14.2. The predicted molar refractivity (Wildman–Crippen MR) is 100 cm³/mol. The molecule has 1 amide bonds. The van der Waals surface area contributed by atoms with Crippen LogP contribution >= 0.6 is 0 Å². The van der Waals surface area contributed by atoms with Crippen molar-refractivity contribution in [3.63, 3.8) is 0 Å². The molecule has 1 aromatic carbocycles. The molecule has 26 heavy (non-hydrogen) atoms. The number of carbonyl (C=O) groups is 1. The van der Waals surface area contributed by atoms with Crippen LogP contribution in [-0.4, -0.2) is 47.5 Å². The summed E-state index contributed by atoms with van der Waals surface area (Å²) in [6, 6.07) is 0. The number of aromatic hydroxyl groups is 1. The molecule has 0 saturated heterocycles. The molecule has 1 aromatic rings. The molecule has 1 aliphatic heterocycles. The molecule has 0 saturated carbocycles. The van der Waals surface area contributed by atoms with E-state index >= 15 is 0 Å². The van der Waals surface area contributed by atoms with E-state index in [1.54, 1.807) is 21.0 Å². The van der Waals surface area contributed by atoms with Crippen molar-refractivity contribution in [1.29, 1.82) is 10.8 Å². The average Bonchev–Trinajstić information content (AvgIpc) is 2.57. The molecule has 0 bridgehead atoms. The number of nitrogens with one attached hydrogen (secondary N) is 4. The Kier molecular flexibility index (Phi) is 5.16. The number of guanidine groups is 2. The van der Waals surface area contributed by atoms with Crippen LogP contribution in [0.2, 0.25) is 0 Å². The maximum Gasteiger partial charge on any atom is 0.270 e. The number of carbonyl (C=O) groups excluding carboxylic acids is 1. The van der Waals surface area contributed by atoms with Crippen LogP contribution in [0.3, 0.4) is 0 Å². The van der Waals surface area contributed by atoms with Gasteiger partial charge in [-0.2, -0.15) is 0 Å². The summed E-state index contributed by atoms with van der Waals surface area (Å²) in [5, 5.41) is 30.7. The Labute approximate surface area is 153 Å². The van der Waals surface area contributed by atoms with E-state index in [2.05, 4.69) is 10.6 Å². The van der Waals surface area contributed by atoms with E-state index in [1.807, 2.05) is 20.8 Å². The van der Waals surface area contributed by atoms with Gasteiger partial charge in [0.2, 0.25) is 5.96 Å². The number of rotatable bonds is 1. The van der Waals surface area contributed by atoms with Crippen molar-refractivity contribution in [2.75, 3.05) is 14.1 Å². The van der Waals surface area contributed by atoms with E-state index in [4.69, 9.17) is 15.6 Å². The molecular weight excluding hydrogens is 334 g/mol. The van der Waals surface area contributed by atoms with Crippen LogP contribution in [0.4, 0.5) is 0 Å². The number of hydrogen-bond donors (Lipinski definition) is 5. The first-order valence-electron chi connectivity index (χ1n) is 8.41. The molecule has 8 nitrogen and oxygen atoms in total. The van der Waals surface area contributed by atoms with Gasteiger partial charge in [0.15, 0.2) is 11.6 Å². The monoisotopic (exact) mass is 361 g/mol. The van der Waals surface area contributed by atoms with Crippen molar-refractivity contribution in [2.24, 2.45) is 0 Å². The molecule has 1 atom stereocenters. The highest BCUT2D eigenvalue weighted by Crippen LogP contribution is 2.43. The molecule has 1 heterocycles. The highest BCUT2D eigenvalue weighted by atomic mass is 16.5. The van der Waals surface area contributed by atoms with Gasteiger partial charge in [0.1, 0.15) is 11.5 Å². The summed E-state index contributed by atoms with van der Waals surface area (Å²) in [5.74, 6) is 0.162. The minimum absolute atomic E-state index is 0.00655. The Morgan fingerprint density at radius 1 is 1.15 bits per heavy atom. The standard InChI is InChI=1S/C18H27N5O3/c1-9-10(2)14-12(11(3)13(9)24)7-8-18(4,26-14)15(25)21-16(19)22-17(20)23(5)6/h24H,7-8H2,1-6H3,(H4,19,20,21,22,25). The minimum atomic E-state index is -1.14. The van der Waals surface area contributed by atoms with Gasteiger partial charge in [-0.15, -0.1) is 0 Å². The van der Waals surface area contributed by atoms with Crippen LogP contribution in [0, 0.1) is 31.6 Å². The Hall–Kier alpha value is -2.77. The summed E-state index contributed by atoms with van der Waals surface area (Å²) < 4.78 is 6.07. The van der Waals surface area contributed by atoms with Gasteiger partial charge in [-0.25, -0.2) is 0 Å². The van der Waals surface area contributed by atoms with Gasteiger partial charge in [-0.3, -0.25) is 26.2 Å². The fraction of sp³-hybridized carbons (Fsp3) is 0.500. The average molecular weight is 361 g/mol. The van der Waals surface area contributed by atoms with Gasteiger partial charge in [-0.05, 0) is 50.8 Å². The number of amides is 1. The SMILES string of the molecule is Cc1c(C)c2c(c(C)c1O)CCC(C)(C(=O)NC(=N)NC(=N)N(C)C)O2. The molecule has 1 unspecified atom stereocenters. The fourth-order valence-corrected chi connectivity index (χ4v) is 2.91. The Bertz CT molecular complexity index is 788. The zero-order chi connectivity index (χ0) is 19.8. The van der Waals surface area contributed by atoms with Crippen molar-refractivity contribution < 1.29 is 14.6 Å². The third-order valence-electron chi connectivity index (χ3n) is 4.93. The molecule has 0 aliphatic carbocycles. The van der Waals surface area contributed by atoms with Crippen LogP contribution in [0.25, 0.3) is 0 Å². The van der Waals surface area contributed by atoms with Crippen molar-refractivity contribution in [2.45, 2.75) is 46.1 Å². The predicted octanol–water partition coefficient (Wildman–Crippen LogP) is 1.54. The largest absolute Gasteiger partial charge is 0.507 e. The quantitative estimate of drug-likeness (QED) is 0.384. The van der Waals surface area contributed by atoms with Gasteiger partial charge in [0.05, 0.1) is 0 Å². The normalized spacial score (nSPS) is 18.4. The van der Waals surface area contributed by atoms with Crippen molar-refractivity contribution in [3.05, 3.63) is 22.3 Å². The molecule has 0 radical (unpaired) electrons. The van der Waals surface area contributed by atoms with Crippen LogP contribution in [0.15, 0.2) is 0 Å². The van der Waals surface area contributed by atoms with E-state index in [9.17, 15) is 9.90 Å². The third kappa shape index (κ3) is 3.44. The summed E-state index contributed by atoms with van der Waals surface area (Å²) >= 11 is 0. The van der Waals surface area contributed by atoms with Gasteiger partial charge in [0, 0.05) is 26.1 Å². The first kappa shape index (κ1) is 19.6. The number of hydrogen-bond acceptors (Lipinski definition) is 5. The van der Waals surface area contributed by atoms with E-state index in [0.29, 0.717) is 18.6 Å². The maximum atomic E-state index is 12.7. The lowest BCUT2D eigenvalue weighted by Crippen LogP contribution is -2.56. The molecular formula is C18H27N5O3. The first-order valence-corrected chi connectivity index (χ1v) is 8.41. The van der Waals surface area contributed by atoms with Crippen LogP contribution in [-0.2, 0) is 11.2 Å². The summed E-state index contributed by atoms with van der Waals surface area (Å²) in [6.45, 7) is 7.21. The Morgan fingerprint density at radius 2 is 1.77 bits per heavy atom. The topological polar surface area (TPSA) is 122 Å². The third-order valence-corrected chi connectivity index (χ3v) is 4.93. The zero-order valence-electron chi connectivity index (χ0n) is 16.1. The lowest BCUT2D eigenvalue weighted by molar-refractivity contribution is -0.135. The number of ether oxygens (including phenoxy) is 1. The lowest BCUT2D eigenvalue weighted by atomic mass is 9.86. The maximum absolute atomic E-state index is 12.7. The Balaban J connectivity index is 2.21. The lowest BCUT2D eigenvalue weighted by Gasteiger charge is -2.36. The number of benzene rings is 1. The highest BCUT2D eigenvalue weighted by molar-refractivity contribution is 6.05. The molecule has 142 valence electrons. The van der Waals surface area contributed by atoms with Crippen molar-refractivity contribution >= 4 is 17.8 Å². The van der Waals surface area contributed by atoms with E-state index < -0.39 is 11.5 Å². The zero-order valence-corrected chi connectivity index (χ0v) is 16.1. The molecule has 0 spiro atoms. The van der Waals surface area contributed by atoms with E-state index in [1.165, 1.54) is 4.90 Å². The first-order chi connectivity index (χ1) is 12.0. The second kappa shape index (κ2) is 6.86. The second-order valence-corrected chi connectivity index (χ2v) is 7.06. The van der Waals surface area contributed by atoms with Gasteiger partial charge in [-0.1, -0.05) is 0 Å². The molecule has 2 rings (SSSR count). The smallest absolute Gasteiger partial charge is 0.270 e. The van der Waals surface area contributed by atoms with Crippen LogP contribution in [0.5, 0.6) is 11.5 Å². The fourth-order valence-electron chi connectivity index (χ4n) is 2.91. The van der Waals surface area contributed by atoms with Crippen molar-refractivity contribution in [1.82, 2.24) is 15.5 Å². The number of phenolic OH excluding ortho intramolecular Hbond substituents is 1. The number of phenols is 1. The molecule has 5 N–H and O–H groups in total. The van der Waals surface area contributed by atoms with Gasteiger partial charge < -0.3 is 14.7 Å². The van der Waals surface area contributed by atoms with Crippen LogP contribution < -0.4 is 15.4 Å². The summed E-state index contributed by atoms with van der Waals surface area (Å²) in [5.41, 5.74) is 2.10. The molecule has 1 aliphatic rings. The molecule has 0 fully saturated rings. The summed E-state index contributed by atoms with van der Waals surface area (Å²) in [7, 11) is 3.32. The molecule has 0 aromatic heterocycles. The van der Waals surface area contributed by atoms with E-state index in [0.717, 1.165) is 22.3 Å². The molecule has 8 heteroatoms. The van der Waals surface area contributed by atoms with Crippen molar-refractivity contribution in [3.8, 4) is 11.5 Å². The highest BCUT2D eigenvalue weighted by Gasteiger charge is 2.41. The minimum Gasteiger partial charge on any atom is -0.507 e. The number of nitrogens with zero attached hydrogens (tertiary/aromatic N) is 1. The van der Waals surface area contributed by atoms with Gasteiger partial charge in [0.25, 0.3) is 5.91 Å². The summed E-state index contributed by atoms with van der Waals surface area (Å²) in [6.07, 6.45) is 1.01. The second-order valence-electron chi connectivity index (χ2n) is 7.06. The van der Waals surface area contributed by atoms with Gasteiger partial charge >= 0.3 is 0 Å². The van der Waals surface area contributed by atoms with Crippen LogP contribution in [0.1, 0.15) is 35.6 Å². The Morgan fingerprint density at radius 3 is 2.35 bits per heavy atom. The van der Waals surface area contributed by atoms with E-state index in [-0.39, 0.29) is 17.7 Å².